The molecule has 0 N–H and O–H groups in total. The van der Waals surface area contributed by atoms with Gasteiger partial charge in [-0.1, -0.05) is 0 Å². The lowest BCUT2D eigenvalue weighted by Gasteiger charge is -2.24. The van der Waals surface area contributed by atoms with E-state index in [9.17, 15) is 8.42 Å². The molecule has 0 aliphatic heterocycles. The second kappa shape index (κ2) is 8.35. The van der Waals surface area contributed by atoms with E-state index in [0.29, 0.717) is 23.8 Å². The van der Waals surface area contributed by atoms with E-state index in [4.69, 9.17) is 9.47 Å². The third-order valence-corrected chi connectivity index (χ3v) is 5.96. The van der Waals surface area contributed by atoms with Crippen molar-refractivity contribution in [3.8, 4) is 11.5 Å². The number of sulfonamides is 1. The summed E-state index contributed by atoms with van der Waals surface area (Å²) in [7, 11) is -0.459. The first-order valence-electron chi connectivity index (χ1n) is 8.81. The molecular weight excluding hydrogens is 378 g/mol. The second-order valence-electron chi connectivity index (χ2n) is 6.14. The highest BCUT2D eigenvalue weighted by Gasteiger charge is 2.26. The molecule has 2 aromatic carbocycles. The number of nitrogens with zero attached hydrogens (tertiary/aromatic N) is 3. The minimum absolute atomic E-state index is 0.163. The van der Waals surface area contributed by atoms with E-state index >= 15 is 0 Å². The van der Waals surface area contributed by atoms with Gasteiger partial charge in [0.2, 0.25) is 0 Å². The maximum absolute atomic E-state index is 13.4. The Balaban J connectivity index is 2.00. The van der Waals surface area contributed by atoms with Gasteiger partial charge in [-0.25, -0.2) is 8.42 Å². The number of rotatable bonds is 8. The van der Waals surface area contributed by atoms with Crippen LogP contribution in [0, 0.1) is 0 Å². The molecule has 1 heterocycles. The Kier molecular flexibility index (Phi) is 5.89. The number of ether oxygens (including phenoxy) is 2. The fourth-order valence-corrected chi connectivity index (χ4v) is 4.24. The third kappa shape index (κ3) is 4.28. The summed E-state index contributed by atoms with van der Waals surface area (Å²) in [6, 6.07) is 13.3. The molecule has 0 fully saturated rings. The van der Waals surface area contributed by atoms with Crippen LogP contribution in [0.5, 0.6) is 11.5 Å². The van der Waals surface area contributed by atoms with E-state index in [1.807, 2.05) is 6.92 Å². The number of aromatic nitrogens is 2. The second-order valence-corrected chi connectivity index (χ2v) is 8.00. The van der Waals surface area contributed by atoms with Crippen molar-refractivity contribution in [3.05, 3.63) is 66.5 Å². The van der Waals surface area contributed by atoms with Gasteiger partial charge in [0.1, 0.15) is 11.5 Å². The average molecular weight is 401 g/mol. The normalized spacial score (nSPS) is 11.2. The summed E-state index contributed by atoms with van der Waals surface area (Å²) in [5, 5.41) is 4.14. The summed E-state index contributed by atoms with van der Waals surface area (Å²) in [5.41, 5.74) is 1.33. The van der Waals surface area contributed by atoms with Gasteiger partial charge < -0.3 is 9.47 Å². The number of anilines is 1. The zero-order chi connectivity index (χ0) is 20.1. The van der Waals surface area contributed by atoms with Crippen LogP contribution in [0.2, 0.25) is 0 Å². The van der Waals surface area contributed by atoms with Gasteiger partial charge in [-0.2, -0.15) is 5.10 Å². The van der Waals surface area contributed by atoms with E-state index in [2.05, 4.69) is 5.10 Å². The van der Waals surface area contributed by atoms with Gasteiger partial charge in [0.05, 0.1) is 37.0 Å². The molecule has 0 aliphatic rings. The largest absolute Gasteiger partial charge is 0.497 e. The molecule has 1 aromatic heterocycles. The van der Waals surface area contributed by atoms with Crippen LogP contribution in [0.1, 0.15) is 12.5 Å². The predicted octanol–water partition coefficient (Wildman–Crippen LogP) is 3.22. The van der Waals surface area contributed by atoms with Gasteiger partial charge in [0, 0.05) is 18.8 Å². The molecule has 0 saturated carbocycles. The molecule has 28 heavy (non-hydrogen) atoms. The SMILES string of the molecule is CCOc1ccc(N(Cc2cnn(C)c2)S(=O)(=O)c2ccc(OC)cc2)cc1. The van der Waals surface area contributed by atoms with Crippen molar-refractivity contribution in [1.29, 1.82) is 0 Å². The van der Waals surface area contributed by atoms with E-state index in [-0.39, 0.29) is 11.4 Å². The lowest BCUT2D eigenvalue weighted by molar-refractivity contribution is 0.340. The Bertz CT molecular complexity index is 1010. The average Bonchev–Trinajstić information content (AvgIpc) is 3.12. The fourth-order valence-electron chi connectivity index (χ4n) is 2.78. The lowest BCUT2D eigenvalue weighted by Crippen LogP contribution is -2.30. The van der Waals surface area contributed by atoms with Crippen molar-refractivity contribution in [3.63, 3.8) is 0 Å². The molecule has 0 amide bonds. The predicted molar refractivity (Wildman–Crippen MR) is 107 cm³/mol. The van der Waals surface area contributed by atoms with Gasteiger partial charge >= 0.3 is 0 Å². The summed E-state index contributed by atoms with van der Waals surface area (Å²) in [5.74, 6) is 1.29. The summed E-state index contributed by atoms with van der Waals surface area (Å²) >= 11 is 0. The first-order valence-corrected chi connectivity index (χ1v) is 10.2. The molecule has 0 unspecified atom stereocenters. The molecule has 148 valence electrons. The van der Waals surface area contributed by atoms with Crippen molar-refractivity contribution < 1.29 is 17.9 Å². The van der Waals surface area contributed by atoms with Crippen molar-refractivity contribution in [2.24, 2.45) is 7.05 Å². The van der Waals surface area contributed by atoms with Crippen LogP contribution in [-0.2, 0) is 23.6 Å². The highest BCUT2D eigenvalue weighted by molar-refractivity contribution is 7.92. The third-order valence-electron chi connectivity index (χ3n) is 4.17. The van der Waals surface area contributed by atoms with Crippen LogP contribution < -0.4 is 13.8 Å². The quantitative estimate of drug-likeness (QED) is 0.579. The Hall–Kier alpha value is -3.00. The zero-order valence-corrected chi connectivity index (χ0v) is 16.9. The summed E-state index contributed by atoms with van der Waals surface area (Å²) in [6.45, 7) is 2.61. The maximum Gasteiger partial charge on any atom is 0.264 e. The standard InChI is InChI=1S/C20H23N3O4S/c1-4-27-19-7-5-17(6-8-19)23(15-16-13-21-22(2)14-16)28(24,25)20-11-9-18(26-3)10-12-20/h5-14H,4,15H2,1-3H3. The van der Waals surface area contributed by atoms with Gasteiger partial charge in [-0.3, -0.25) is 8.99 Å². The highest BCUT2D eigenvalue weighted by Crippen LogP contribution is 2.28. The number of hydrogen-bond acceptors (Lipinski definition) is 5. The van der Waals surface area contributed by atoms with Crippen molar-refractivity contribution in [2.75, 3.05) is 18.0 Å². The zero-order valence-electron chi connectivity index (χ0n) is 16.1. The van der Waals surface area contributed by atoms with Crippen molar-refractivity contribution >= 4 is 15.7 Å². The number of methoxy groups -OCH3 is 1. The molecule has 8 heteroatoms. The van der Waals surface area contributed by atoms with Crippen LogP contribution in [0.4, 0.5) is 5.69 Å². The maximum atomic E-state index is 13.4. The van der Waals surface area contributed by atoms with E-state index in [1.165, 1.54) is 11.4 Å². The first-order chi connectivity index (χ1) is 13.4. The molecule has 0 saturated heterocycles. The molecule has 0 spiro atoms. The van der Waals surface area contributed by atoms with Gasteiger partial charge in [-0.05, 0) is 55.5 Å². The van der Waals surface area contributed by atoms with Crippen LogP contribution in [0.15, 0.2) is 65.8 Å². The van der Waals surface area contributed by atoms with Crippen LogP contribution in [-0.4, -0.2) is 31.9 Å². The molecule has 3 aromatic rings. The summed E-state index contributed by atoms with van der Waals surface area (Å²) in [6.07, 6.45) is 3.45. The molecule has 0 radical (unpaired) electrons. The molecule has 0 bridgehead atoms. The van der Waals surface area contributed by atoms with Crippen LogP contribution in [0.3, 0.4) is 0 Å². The molecule has 7 nitrogen and oxygen atoms in total. The van der Waals surface area contributed by atoms with Crippen molar-refractivity contribution in [2.45, 2.75) is 18.4 Å². The lowest BCUT2D eigenvalue weighted by atomic mass is 10.3. The minimum Gasteiger partial charge on any atom is -0.497 e. The van der Waals surface area contributed by atoms with Crippen molar-refractivity contribution in [1.82, 2.24) is 9.78 Å². The Morgan fingerprint density at radius 3 is 2.21 bits per heavy atom. The Morgan fingerprint density at radius 2 is 1.68 bits per heavy atom. The molecule has 0 aliphatic carbocycles. The summed E-state index contributed by atoms with van der Waals surface area (Å²) < 4.78 is 40.4. The Labute approximate surface area is 165 Å². The molecular formula is C20H23N3O4S. The molecule has 0 atom stereocenters. The first kappa shape index (κ1) is 19.8. The number of benzene rings is 2. The molecule has 3 rings (SSSR count). The monoisotopic (exact) mass is 401 g/mol. The van der Waals surface area contributed by atoms with Crippen LogP contribution in [0.25, 0.3) is 0 Å². The number of aryl methyl sites for hydroxylation is 1. The van der Waals surface area contributed by atoms with Gasteiger partial charge in [-0.15, -0.1) is 0 Å². The minimum atomic E-state index is -3.79. The summed E-state index contributed by atoms with van der Waals surface area (Å²) in [4.78, 5) is 0.186. The highest BCUT2D eigenvalue weighted by atomic mass is 32.2. The van der Waals surface area contributed by atoms with Gasteiger partial charge in [0.25, 0.3) is 10.0 Å². The van der Waals surface area contributed by atoms with Gasteiger partial charge in [0.15, 0.2) is 0 Å². The number of hydrogen-bond donors (Lipinski definition) is 0. The van der Waals surface area contributed by atoms with E-state index in [0.717, 1.165) is 5.56 Å². The van der Waals surface area contributed by atoms with Crippen LogP contribution >= 0.6 is 0 Å². The fraction of sp³-hybridized carbons (Fsp3) is 0.250. The topological polar surface area (TPSA) is 73.7 Å². The smallest absolute Gasteiger partial charge is 0.264 e. The van der Waals surface area contributed by atoms with E-state index < -0.39 is 10.0 Å². The van der Waals surface area contributed by atoms with E-state index in [1.54, 1.807) is 72.7 Å². The Morgan fingerprint density at radius 1 is 1.04 bits per heavy atom.